The average Bonchev–Trinajstić information content (AvgIpc) is 2.97. The van der Waals surface area contributed by atoms with Crippen LogP contribution in [-0.4, -0.2) is 31.1 Å². The molecule has 0 spiro atoms. The minimum absolute atomic E-state index is 0.0703. The predicted molar refractivity (Wildman–Crippen MR) is 129 cm³/mol. The van der Waals surface area contributed by atoms with Crippen molar-refractivity contribution >= 4 is 39.7 Å². The van der Waals surface area contributed by atoms with Gasteiger partial charge in [0.25, 0.3) is 0 Å². The number of halogens is 2. The van der Waals surface area contributed by atoms with Crippen molar-refractivity contribution in [3.8, 4) is 0 Å². The smallest absolute Gasteiger partial charge is 0.122 e. The molecule has 0 amide bonds. The summed E-state index contributed by atoms with van der Waals surface area (Å²) < 4.78 is 3.10. The van der Waals surface area contributed by atoms with E-state index < -0.39 is 16.5 Å². The van der Waals surface area contributed by atoms with Crippen LogP contribution in [0.4, 0.5) is 0 Å². The lowest BCUT2D eigenvalue weighted by Crippen LogP contribution is -2.77. The Kier molecular flexibility index (Phi) is 7.10. The lowest BCUT2D eigenvalue weighted by molar-refractivity contribution is 0.0787. The summed E-state index contributed by atoms with van der Waals surface area (Å²) in [5.41, 5.74) is 0.304. The molecule has 5 heteroatoms. The third-order valence-corrected chi connectivity index (χ3v) is 25.2. The Balaban J connectivity index is 2.82. The van der Waals surface area contributed by atoms with Crippen LogP contribution in [-0.2, 0) is 0 Å². The molecule has 2 bridgehead atoms. The maximum atomic E-state index is 8.01. The first-order valence-electron chi connectivity index (χ1n) is 11.6. The Hall–Kier alpha value is 0.974. The summed E-state index contributed by atoms with van der Waals surface area (Å²) in [5.74, 6) is 0.540. The highest BCUT2D eigenvalue weighted by Crippen LogP contribution is 2.75. The van der Waals surface area contributed by atoms with E-state index in [1.807, 2.05) is 0 Å². The van der Waals surface area contributed by atoms with E-state index in [4.69, 9.17) is 23.2 Å². The fourth-order valence-corrected chi connectivity index (χ4v) is 23.7. The lowest BCUT2D eigenvalue weighted by atomic mass is 9.69. The van der Waals surface area contributed by atoms with E-state index in [0.29, 0.717) is 5.92 Å². The van der Waals surface area contributed by atoms with Crippen LogP contribution in [0, 0.1) is 16.7 Å². The molecule has 2 saturated carbocycles. The van der Waals surface area contributed by atoms with Crippen molar-refractivity contribution in [3.63, 3.8) is 0 Å². The SMILES string of the molecule is CC[Si](CC)(CC)N(C1(Cl)C(Cl)C2CCC1(C)C2(C)C)[Si](CC)(CC)CC. The Labute approximate surface area is 182 Å². The van der Waals surface area contributed by atoms with E-state index in [0.717, 1.165) is 0 Å². The first kappa shape index (κ1) is 24.2. The van der Waals surface area contributed by atoms with Crippen LogP contribution in [0.5, 0.6) is 0 Å². The second-order valence-electron chi connectivity index (χ2n) is 10.2. The quantitative estimate of drug-likeness (QED) is 0.194. The van der Waals surface area contributed by atoms with Crippen LogP contribution in [0.1, 0.15) is 75.2 Å². The van der Waals surface area contributed by atoms with Gasteiger partial charge in [-0.1, -0.05) is 62.3 Å². The molecule has 2 aliphatic carbocycles. The zero-order valence-electron chi connectivity index (χ0n) is 19.5. The third-order valence-electron chi connectivity index (χ3n) is 10.0. The number of hydrogen-bond donors (Lipinski definition) is 0. The van der Waals surface area contributed by atoms with Gasteiger partial charge >= 0.3 is 0 Å². The van der Waals surface area contributed by atoms with E-state index in [2.05, 4.69) is 66.5 Å². The Morgan fingerprint density at radius 2 is 1.19 bits per heavy atom. The van der Waals surface area contributed by atoms with Gasteiger partial charge in [0.2, 0.25) is 0 Å². The lowest BCUT2D eigenvalue weighted by Gasteiger charge is -2.64. The minimum Gasteiger partial charge on any atom is -0.325 e. The summed E-state index contributed by atoms with van der Waals surface area (Å²) in [4.78, 5) is -0.372. The van der Waals surface area contributed by atoms with E-state index in [1.54, 1.807) is 0 Å². The molecule has 0 N–H and O–H groups in total. The highest BCUT2D eigenvalue weighted by molar-refractivity contribution is 6.93. The zero-order chi connectivity index (χ0) is 20.9. The Bertz CT molecular complexity index is 496. The Morgan fingerprint density at radius 3 is 1.44 bits per heavy atom. The fourth-order valence-electron chi connectivity index (χ4n) is 7.26. The number of hydrogen-bond acceptors (Lipinski definition) is 1. The molecule has 160 valence electrons. The van der Waals surface area contributed by atoms with Crippen molar-refractivity contribution in [2.24, 2.45) is 16.7 Å². The first-order valence-corrected chi connectivity index (χ1v) is 17.6. The molecule has 0 heterocycles. The maximum Gasteiger partial charge on any atom is 0.122 e. The van der Waals surface area contributed by atoms with Crippen LogP contribution in [0.3, 0.4) is 0 Å². The summed E-state index contributed by atoms with van der Waals surface area (Å²) in [5, 5.41) is 0.0703. The van der Waals surface area contributed by atoms with Crippen molar-refractivity contribution in [3.05, 3.63) is 0 Å². The molecule has 1 nitrogen and oxygen atoms in total. The summed E-state index contributed by atoms with van der Waals surface area (Å²) in [6.07, 6.45) is 2.48. The van der Waals surface area contributed by atoms with E-state index in [9.17, 15) is 0 Å². The molecule has 0 aliphatic heterocycles. The highest BCUT2D eigenvalue weighted by atomic mass is 35.5. The fraction of sp³-hybridized carbons (Fsp3) is 1.00. The number of fused-ring (bicyclic) bond motifs is 2. The third kappa shape index (κ3) is 2.84. The summed E-state index contributed by atoms with van der Waals surface area (Å²) in [7, 11) is -3.39. The molecule has 0 aromatic carbocycles. The number of rotatable bonds is 9. The Morgan fingerprint density at radius 1 is 0.815 bits per heavy atom. The second kappa shape index (κ2) is 7.91. The molecule has 4 atom stereocenters. The van der Waals surface area contributed by atoms with Gasteiger partial charge in [0, 0.05) is 5.41 Å². The largest absolute Gasteiger partial charge is 0.325 e. The molecule has 2 rings (SSSR count). The highest BCUT2D eigenvalue weighted by Gasteiger charge is 2.77. The van der Waals surface area contributed by atoms with Gasteiger partial charge in [-0.25, -0.2) is 0 Å². The zero-order valence-corrected chi connectivity index (χ0v) is 23.0. The van der Waals surface area contributed by atoms with Gasteiger partial charge in [-0.05, 0) is 60.4 Å². The molecule has 0 radical (unpaired) electrons. The summed E-state index contributed by atoms with van der Waals surface area (Å²) in [6.45, 7) is 22.1. The van der Waals surface area contributed by atoms with Gasteiger partial charge < -0.3 is 4.23 Å². The average molecular weight is 451 g/mol. The molecule has 0 aromatic heterocycles. The molecule has 2 aliphatic rings. The van der Waals surface area contributed by atoms with Crippen molar-refractivity contribution in [1.29, 1.82) is 0 Å². The number of nitrogens with zero attached hydrogens (tertiary/aromatic N) is 1. The molecular formula is C22H45Cl2NSi2. The van der Waals surface area contributed by atoms with E-state index >= 15 is 0 Å². The van der Waals surface area contributed by atoms with E-state index in [-0.39, 0.29) is 21.2 Å². The normalized spacial score (nSPS) is 36.0. The molecule has 0 saturated heterocycles. The van der Waals surface area contributed by atoms with Gasteiger partial charge in [0.1, 0.15) is 21.5 Å². The summed E-state index contributed by atoms with van der Waals surface area (Å²) in [6, 6.07) is 7.80. The molecule has 0 aromatic rings. The second-order valence-corrected chi connectivity index (χ2v) is 21.7. The van der Waals surface area contributed by atoms with Gasteiger partial charge in [-0.2, -0.15) is 0 Å². The molecule has 4 unspecified atom stereocenters. The molecule has 27 heavy (non-hydrogen) atoms. The first-order chi connectivity index (χ1) is 12.5. The monoisotopic (exact) mass is 449 g/mol. The summed E-state index contributed by atoms with van der Waals surface area (Å²) >= 11 is 15.4. The van der Waals surface area contributed by atoms with Crippen molar-refractivity contribution in [1.82, 2.24) is 4.23 Å². The molecular weight excluding hydrogens is 405 g/mol. The van der Waals surface area contributed by atoms with Crippen LogP contribution < -0.4 is 0 Å². The van der Waals surface area contributed by atoms with Crippen LogP contribution in [0.15, 0.2) is 0 Å². The maximum absolute atomic E-state index is 8.01. The molecule has 2 fully saturated rings. The van der Waals surface area contributed by atoms with Crippen LogP contribution in [0.2, 0.25) is 36.3 Å². The standard InChI is InChI=1S/C22H45Cl2NSi2/c1-10-26(11-2,12-3)25(27(13-4,14-5)15-6)22(24)19(23)18-16-17-21(22,9)20(18,7)8/h18-19H,10-17H2,1-9H3. The van der Waals surface area contributed by atoms with Crippen LogP contribution in [0.25, 0.3) is 0 Å². The van der Waals surface area contributed by atoms with Gasteiger partial charge in [0.05, 0.1) is 5.38 Å². The van der Waals surface area contributed by atoms with Crippen molar-refractivity contribution < 1.29 is 0 Å². The number of alkyl halides is 2. The predicted octanol–water partition coefficient (Wildman–Crippen LogP) is 8.30. The van der Waals surface area contributed by atoms with Gasteiger partial charge in [-0.15, -0.1) is 23.2 Å². The van der Waals surface area contributed by atoms with Gasteiger partial charge in [-0.3, -0.25) is 0 Å². The van der Waals surface area contributed by atoms with Crippen molar-refractivity contribution in [2.75, 3.05) is 0 Å². The van der Waals surface area contributed by atoms with E-state index in [1.165, 1.54) is 49.1 Å². The minimum atomic E-state index is -1.69. The van der Waals surface area contributed by atoms with Gasteiger partial charge in [0.15, 0.2) is 0 Å². The topological polar surface area (TPSA) is 3.24 Å². The van der Waals surface area contributed by atoms with Crippen molar-refractivity contribution in [2.45, 2.75) is 122 Å². The van der Waals surface area contributed by atoms with Crippen LogP contribution >= 0.6 is 23.2 Å².